The molecule has 0 amide bonds. The highest BCUT2D eigenvalue weighted by Gasteiger charge is 2.22. The van der Waals surface area contributed by atoms with Crippen LogP contribution < -0.4 is 12.4 Å². The van der Waals surface area contributed by atoms with E-state index in [4.69, 9.17) is 23.2 Å². The molecule has 0 radical (unpaired) electrons. The molecule has 104 valence electrons. The summed E-state index contributed by atoms with van der Waals surface area (Å²) in [6, 6.07) is 0. The van der Waals surface area contributed by atoms with Gasteiger partial charge in [0.15, 0.2) is 0 Å². The summed E-state index contributed by atoms with van der Waals surface area (Å²) in [6.07, 6.45) is 0.910. The Labute approximate surface area is 124 Å². The van der Waals surface area contributed by atoms with E-state index in [1.54, 1.807) is 0 Å². The molecule has 0 fully saturated rings. The van der Waals surface area contributed by atoms with Gasteiger partial charge in [-0.05, 0) is 0 Å². The van der Waals surface area contributed by atoms with Crippen molar-refractivity contribution >= 4 is 41.9 Å². The van der Waals surface area contributed by atoms with E-state index in [0.29, 0.717) is 13.1 Å². The van der Waals surface area contributed by atoms with Gasteiger partial charge in [-0.1, -0.05) is 0 Å². The van der Waals surface area contributed by atoms with Gasteiger partial charge in [-0.15, -0.1) is 35.6 Å². The fraction of sp³-hybridized carbons (Fsp3) is 0.889. The second-order valence-electron chi connectivity index (χ2n) is 3.72. The van der Waals surface area contributed by atoms with E-state index in [1.807, 2.05) is 15.8 Å². The molecule has 1 rings (SSSR count). The van der Waals surface area contributed by atoms with Gasteiger partial charge < -0.3 is 22.6 Å². The Morgan fingerprint density at radius 3 is 2.35 bits per heavy atom. The van der Waals surface area contributed by atoms with Gasteiger partial charge in [-0.25, -0.2) is 0 Å². The SMILES string of the molecule is Cl.OC(CCl)CN1C=[N+](CC(O)CCl)CC1.[Cl-]. The Morgan fingerprint density at radius 1 is 1.24 bits per heavy atom. The van der Waals surface area contributed by atoms with Gasteiger partial charge in [0.25, 0.3) is 0 Å². The third-order valence-electron chi connectivity index (χ3n) is 2.25. The third kappa shape index (κ3) is 7.54. The van der Waals surface area contributed by atoms with Crippen molar-refractivity contribution in [1.82, 2.24) is 4.90 Å². The standard InChI is InChI=1S/C9H17Cl2N2O2.2ClH/c10-3-8(14)5-12-1-2-13(7-12)6-9(15)4-11;;/h7-9,14-15H,1-6H2;2*1H/q+1;;/p-1. The van der Waals surface area contributed by atoms with Crippen LogP contribution in [0.25, 0.3) is 0 Å². The molecule has 1 aliphatic rings. The number of β-amino-alcohol motifs (C(OH)–C–C–N with tert-alkyl or cyclic N) is 2. The molecule has 0 bridgehead atoms. The lowest BCUT2D eigenvalue weighted by Gasteiger charge is -2.09. The monoisotopic (exact) mass is 326 g/mol. The zero-order valence-corrected chi connectivity index (χ0v) is 12.4. The lowest BCUT2D eigenvalue weighted by Crippen LogP contribution is -3.00. The molecule has 0 spiro atoms. The lowest BCUT2D eigenvalue weighted by molar-refractivity contribution is -0.522. The summed E-state index contributed by atoms with van der Waals surface area (Å²) in [6.45, 7) is 2.78. The Morgan fingerprint density at radius 2 is 1.82 bits per heavy atom. The topological polar surface area (TPSA) is 46.7 Å². The summed E-state index contributed by atoms with van der Waals surface area (Å²) < 4.78 is 1.99. The first-order chi connectivity index (χ1) is 7.15. The predicted molar refractivity (Wildman–Crippen MR) is 68.3 cm³/mol. The van der Waals surface area contributed by atoms with Crippen LogP contribution in [0.2, 0.25) is 0 Å². The smallest absolute Gasteiger partial charge is 0.234 e. The summed E-state index contributed by atoms with van der Waals surface area (Å²) in [4.78, 5) is 1.99. The Kier molecular flexibility index (Phi) is 12.2. The minimum absolute atomic E-state index is 0. The molecule has 0 saturated heterocycles. The van der Waals surface area contributed by atoms with Crippen molar-refractivity contribution in [2.75, 3.05) is 37.9 Å². The molecule has 2 N–H and O–H groups in total. The van der Waals surface area contributed by atoms with Crippen molar-refractivity contribution < 1.29 is 27.2 Å². The predicted octanol–water partition coefficient (Wildman–Crippen LogP) is -3.03. The van der Waals surface area contributed by atoms with Gasteiger partial charge in [0.05, 0.1) is 11.8 Å². The van der Waals surface area contributed by atoms with Crippen LogP contribution in [0.3, 0.4) is 0 Å². The highest BCUT2D eigenvalue weighted by Crippen LogP contribution is 1.99. The molecule has 0 saturated carbocycles. The number of halogens is 4. The number of nitrogens with zero attached hydrogens (tertiary/aromatic N) is 2. The van der Waals surface area contributed by atoms with Crippen LogP contribution in [0, 0.1) is 0 Å². The Bertz CT molecular complexity index is 231. The van der Waals surface area contributed by atoms with E-state index in [1.165, 1.54) is 0 Å². The lowest BCUT2D eigenvalue weighted by atomic mass is 10.4. The van der Waals surface area contributed by atoms with Crippen LogP contribution in [0.15, 0.2) is 0 Å². The van der Waals surface area contributed by atoms with Crippen molar-refractivity contribution in [2.45, 2.75) is 12.2 Å². The maximum atomic E-state index is 9.35. The van der Waals surface area contributed by atoms with Gasteiger partial charge in [-0.2, -0.15) is 0 Å². The van der Waals surface area contributed by atoms with Crippen LogP contribution in [-0.4, -0.2) is 76.2 Å². The van der Waals surface area contributed by atoms with Gasteiger partial charge in [0, 0.05) is 0 Å². The van der Waals surface area contributed by atoms with Crippen LogP contribution in [0.5, 0.6) is 0 Å². The number of hydrogen-bond acceptors (Lipinski definition) is 3. The third-order valence-corrected chi connectivity index (χ3v) is 2.96. The van der Waals surface area contributed by atoms with E-state index in [0.717, 1.165) is 13.1 Å². The molecule has 0 aromatic heterocycles. The quantitative estimate of drug-likeness (QED) is 0.403. The highest BCUT2D eigenvalue weighted by molar-refractivity contribution is 6.18. The maximum Gasteiger partial charge on any atom is 0.234 e. The zero-order valence-electron chi connectivity index (χ0n) is 9.31. The summed E-state index contributed by atoms with van der Waals surface area (Å²) in [5.74, 6) is 0.489. The van der Waals surface area contributed by atoms with Gasteiger partial charge in [0.1, 0.15) is 38.4 Å². The Balaban J connectivity index is 0. The molecule has 1 heterocycles. The first-order valence-electron chi connectivity index (χ1n) is 4.97. The first kappa shape index (κ1) is 19.9. The second-order valence-corrected chi connectivity index (χ2v) is 4.34. The minimum atomic E-state index is -0.499. The van der Waals surface area contributed by atoms with E-state index >= 15 is 0 Å². The van der Waals surface area contributed by atoms with Crippen LogP contribution in [0.4, 0.5) is 0 Å². The van der Waals surface area contributed by atoms with Crippen LogP contribution >= 0.6 is 35.6 Å². The fourth-order valence-electron chi connectivity index (χ4n) is 1.52. The van der Waals surface area contributed by atoms with E-state index in [-0.39, 0.29) is 36.6 Å². The number of aliphatic hydroxyl groups is 2. The summed E-state index contributed by atoms with van der Waals surface area (Å²) in [7, 11) is 0. The van der Waals surface area contributed by atoms with Gasteiger partial charge >= 0.3 is 0 Å². The second kappa shape index (κ2) is 10.5. The number of rotatable bonds is 6. The van der Waals surface area contributed by atoms with Crippen LogP contribution in [-0.2, 0) is 0 Å². The normalized spacial score (nSPS) is 17.9. The highest BCUT2D eigenvalue weighted by atomic mass is 35.5. The number of aliphatic hydroxyl groups excluding tert-OH is 2. The first-order valence-corrected chi connectivity index (χ1v) is 6.03. The Hall–Kier alpha value is 0.550. The molecule has 17 heavy (non-hydrogen) atoms. The fourth-order valence-corrected chi connectivity index (χ4v) is 1.71. The summed E-state index contributed by atoms with van der Waals surface area (Å²) in [5, 5.41) is 18.7. The van der Waals surface area contributed by atoms with Gasteiger partial charge in [0.2, 0.25) is 6.34 Å². The molecule has 1 aliphatic heterocycles. The van der Waals surface area contributed by atoms with Crippen molar-refractivity contribution in [3.63, 3.8) is 0 Å². The van der Waals surface area contributed by atoms with Crippen molar-refractivity contribution in [2.24, 2.45) is 0 Å². The molecule has 8 heteroatoms. The maximum absolute atomic E-state index is 9.35. The van der Waals surface area contributed by atoms with Crippen LogP contribution in [0.1, 0.15) is 0 Å². The largest absolute Gasteiger partial charge is 1.00 e. The number of alkyl halides is 2. The number of hydrogen-bond donors (Lipinski definition) is 2. The molecule has 0 aromatic rings. The average Bonchev–Trinajstić information content (AvgIpc) is 2.65. The van der Waals surface area contributed by atoms with Gasteiger partial charge in [-0.3, -0.25) is 9.48 Å². The molecule has 2 unspecified atom stereocenters. The summed E-state index contributed by atoms with van der Waals surface area (Å²) >= 11 is 11.0. The van der Waals surface area contributed by atoms with E-state index in [2.05, 4.69) is 0 Å². The average molecular weight is 328 g/mol. The molecule has 0 aliphatic carbocycles. The molecular weight excluding hydrogens is 310 g/mol. The molecule has 0 aromatic carbocycles. The van der Waals surface area contributed by atoms with E-state index in [9.17, 15) is 10.2 Å². The van der Waals surface area contributed by atoms with Crippen molar-refractivity contribution in [1.29, 1.82) is 0 Å². The van der Waals surface area contributed by atoms with E-state index < -0.39 is 12.2 Å². The molecule has 2 atom stereocenters. The summed E-state index contributed by atoms with van der Waals surface area (Å²) in [5.41, 5.74) is 0. The molecular formula is C9H18Cl4N2O2. The minimum Gasteiger partial charge on any atom is -1.00 e. The van der Waals surface area contributed by atoms with Crippen molar-refractivity contribution in [3.05, 3.63) is 0 Å². The zero-order chi connectivity index (χ0) is 11.3. The van der Waals surface area contributed by atoms with Crippen molar-refractivity contribution in [3.8, 4) is 0 Å². The molecule has 4 nitrogen and oxygen atoms in total.